The highest BCUT2D eigenvalue weighted by Crippen LogP contribution is 2.49. The molecule has 7 heteroatoms. The fourth-order valence-corrected chi connectivity index (χ4v) is 6.53. The molecule has 1 N–H and O–H groups in total. The second-order valence-electron chi connectivity index (χ2n) is 9.54. The lowest BCUT2D eigenvalue weighted by Gasteiger charge is -2.37. The molecule has 3 aromatic rings. The molecule has 1 aliphatic carbocycles. The minimum atomic E-state index is -4.10. The van der Waals surface area contributed by atoms with Gasteiger partial charge in [0.15, 0.2) is 5.78 Å². The van der Waals surface area contributed by atoms with Gasteiger partial charge in [-0.25, -0.2) is 12.8 Å². The Hall–Kier alpha value is -3.45. The van der Waals surface area contributed by atoms with Crippen LogP contribution in [0.3, 0.4) is 0 Å². The second kappa shape index (κ2) is 8.09. The van der Waals surface area contributed by atoms with Crippen LogP contribution < -0.4 is 9.62 Å². The monoisotopic (exact) mass is 476 g/mol. The molecule has 0 fully saturated rings. The Morgan fingerprint density at radius 2 is 1.56 bits per heavy atom. The van der Waals surface area contributed by atoms with Crippen LogP contribution in [0, 0.1) is 11.2 Å². The molecular formula is C27H25FN2O3S. The predicted octanol–water partition coefficient (Wildman–Crippen LogP) is 5.83. The summed E-state index contributed by atoms with van der Waals surface area (Å²) in [6.45, 7) is 4.05. The first-order valence-electron chi connectivity index (χ1n) is 11.1. The zero-order valence-electron chi connectivity index (χ0n) is 19.0. The Bertz CT molecular complexity index is 1400. The third-order valence-electron chi connectivity index (χ3n) is 6.34. The molecule has 1 atom stereocenters. The van der Waals surface area contributed by atoms with Crippen molar-refractivity contribution in [2.45, 2.75) is 37.6 Å². The van der Waals surface area contributed by atoms with E-state index in [0.717, 1.165) is 0 Å². The molecule has 1 heterocycles. The summed E-state index contributed by atoms with van der Waals surface area (Å²) in [4.78, 5) is 13.7. The number of hydrogen-bond acceptors (Lipinski definition) is 4. The summed E-state index contributed by atoms with van der Waals surface area (Å²) in [7, 11) is -4.10. The Morgan fingerprint density at radius 3 is 2.26 bits per heavy atom. The van der Waals surface area contributed by atoms with Crippen molar-refractivity contribution in [3.63, 3.8) is 0 Å². The lowest BCUT2D eigenvalue weighted by Crippen LogP contribution is -2.39. The Morgan fingerprint density at radius 1 is 0.912 bits per heavy atom. The highest BCUT2D eigenvalue weighted by atomic mass is 32.2. The number of para-hydroxylation sites is 2. The molecular weight excluding hydrogens is 451 g/mol. The summed E-state index contributed by atoms with van der Waals surface area (Å²) in [5.74, 6) is -0.548. The van der Waals surface area contributed by atoms with Gasteiger partial charge in [-0.3, -0.25) is 9.10 Å². The van der Waals surface area contributed by atoms with Gasteiger partial charge in [0, 0.05) is 17.7 Å². The molecule has 0 radical (unpaired) electrons. The van der Waals surface area contributed by atoms with Gasteiger partial charge in [0.2, 0.25) is 0 Å². The molecule has 174 valence electrons. The van der Waals surface area contributed by atoms with Crippen LogP contribution in [-0.4, -0.2) is 14.2 Å². The number of benzene rings is 3. The number of anilines is 2. The zero-order chi connectivity index (χ0) is 24.1. The number of Topliss-reactive ketones (excluding diaryl/α,β-unsaturated/α-hetero) is 1. The molecule has 0 spiro atoms. The fourth-order valence-electron chi connectivity index (χ4n) is 4.88. The van der Waals surface area contributed by atoms with Crippen LogP contribution in [-0.2, 0) is 14.8 Å². The number of fused-ring (bicyclic) bond motifs is 1. The number of rotatable bonds is 3. The predicted molar refractivity (Wildman–Crippen MR) is 130 cm³/mol. The first kappa shape index (κ1) is 22.3. The Kier molecular flexibility index (Phi) is 5.32. The van der Waals surface area contributed by atoms with Gasteiger partial charge >= 0.3 is 0 Å². The minimum absolute atomic E-state index is 0.115. The maximum atomic E-state index is 14.2. The van der Waals surface area contributed by atoms with E-state index in [4.69, 9.17) is 0 Å². The van der Waals surface area contributed by atoms with Crippen LogP contribution in [0.5, 0.6) is 0 Å². The highest BCUT2D eigenvalue weighted by Gasteiger charge is 2.45. The Balaban J connectivity index is 1.84. The van der Waals surface area contributed by atoms with E-state index in [1.807, 2.05) is 26.0 Å². The summed E-state index contributed by atoms with van der Waals surface area (Å²) in [6, 6.07) is 20.1. The molecule has 0 bridgehead atoms. The maximum Gasteiger partial charge on any atom is 0.265 e. The van der Waals surface area contributed by atoms with Crippen molar-refractivity contribution in [1.82, 2.24) is 0 Å². The average molecular weight is 477 g/mol. The topological polar surface area (TPSA) is 66.5 Å². The first-order chi connectivity index (χ1) is 16.2. The number of sulfonamides is 1. The van der Waals surface area contributed by atoms with Gasteiger partial charge in [-0.1, -0.05) is 56.3 Å². The van der Waals surface area contributed by atoms with Gasteiger partial charge in [0.05, 0.1) is 16.3 Å². The van der Waals surface area contributed by atoms with Gasteiger partial charge in [-0.2, -0.15) is 0 Å². The number of carbonyl (C=O) groups excluding carboxylic acids is 1. The number of halogens is 1. The summed E-state index contributed by atoms with van der Waals surface area (Å²) < 4.78 is 43.5. The van der Waals surface area contributed by atoms with E-state index in [-0.39, 0.29) is 16.1 Å². The first-order valence-corrected chi connectivity index (χ1v) is 12.6. The Labute approximate surface area is 199 Å². The molecule has 0 unspecified atom stereocenters. The van der Waals surface area contributed by atoms with E-state index in [1.54, 1.807) is 54.6 Å². The van der Waals surface area contributed by atoms with Crippen LogP contribution in [0.2, 0.25) is 0 Å². The average Bonchev–Trinajstić information content (AvgIpc) is 2.94. The number of allylic oxidation sites excluding steroid dienone is 1. The summed E-state index contributed by atoms with van der Waals surface area (Å²) in [5, 5.41) is 3.39. The number of hydrogen-bond donors (Lipinski definition) is 1. The van der Waals surface area contributed by atoms with Crippen molar-refractivity contribution in [1.29, 1.82) is 0 Å². The maximum absolute atomic E-state index is 14.2. The SMILES string of the molecule is CC1(C)CC(=O)C2=C(C1)Nc1ccccc1N(S(=O)(=O)c1ccccc1)[C@@H]2c1ccc(F)cc1. The van der Waals surface area contributed by atoms with E-state index in [2.05, 4.69) is 5.32 Å². The van der Waals surface area contributed by atoms with E-state index in [1.165, 1.54) is 16.4 Å². The molecule has 2 aliphatic rings. The van der Waals surface area contributed by atoms with Crippen molar-refractivity contribution < 1.29 is 17.6 Å². The van der Waals surface area contributed by atoms with Crippen molar-refractivity contribution in [2.75, 3.05) is 9.62 Å². The van der Waals surface area contributed by atoms with Gasteiger partial charge in [-0.15, -0.1) is 0 Å². The third-order valence-corrected chi connectivity index (χ3v) is 8.13. The van der Waals surface area contributed by atoms with Crippen LogP contribution >= 0.6 is 0 Å². The molecule has 0 amide bonds. The molecule has 5 rings (SSSR count). The minimum Gasteiger partial charge on any atom is -0.357 e. The van der Waals surface area contributed by atoms with Crippen molar-refractivity contribution in [3.05, 3.63) is 102 Å². The molecule has 34 heavy (non-hydrogen) atoms. The number of nitrogens with zero attached hydrogens (tertiary/aromatic N) is 1. The van der Waals surface area contributed by atoms with Crippen molar-refractivity contribution in [2.24, 2.45) is 5.41 Å². The fraction of sp³-hybridized carbons (Fsp3) is 0.222. The van der Waals surface area contributed by atoms with Crippen LogP contribution in [0.4, 0.5) is 15.8 Å². The molecule has 0 saturated carbocycles. The van der Waals surface area contributed by atoms with Gasteiger partial charge in [0.25, 0.3) is 10.0 Å². The normalized spacial score (nSPS) is 19.7. The molecule has 0 saturated heterocycles. The quantitative estimate of drug-likeness (QED) is 0.516. The van der Waals surface area contributed by atoms with Crippen LogP contribution in [0.15, 0.2) is 95.0 Å². The third kappa shape index (κ3) is 3.80. The van der Waals surface area contributed by atoms with E-state index in [9.17, 15) is 17.6 Å². The van der Waals surface area contributed by atoms with E-state index >= 15 is 0 Å². The number of ketones is 1. The van der Waals surface area contributed by atoms with Gasteiger partial charge in [-0.05, 0) is 53.8 Å². The summed E-state index contributed by atoms with van der Waals surface area (Å²) >= 11 is 0. The number of nitrogens with one attached hydrogen (secondary N) is 1. The zero-order valence-corrected chi connectivity index (χ0v) is 19.8. The van der Waals surface area contributed by atoms with Crippen LogP contribution in [0.25, 0.3) is 0 Å². The molecule has 5 nitrogen and oxygen atoms in total. The summed E-state index contributed by atoms with van der Waals surface area (Å²) in [6.07, 6.45) is 0.875. The lowest BCUT2D eigenvalue weighted by molar-refractivity contribution is -0.118. The van der Waals surface area contributed by atoms with E-state index < -0.39 is 21.9 Å². The highest BCUT2D eigenvalue weighted by molar-refractivity contribution is 7.92. The number of carbonyl (C=O) groups is 1. The molecule has 3 aromatic carbocycles. The summed E-state index contributed by atoms with van der Waals surface area (Å²) in [5.41, 5.74) is 2.39. The van der Waals surface area contributed by atoms with Crippen LogP contribution in [0.1, 0.15) is 38.3 Å². The van der Waals surface area contributed by atoms with Gasteiger partial charge in [0.1, 0.15) is 11.9 Å². The van der Waals surface area contributed by atoms with Gasteiger partial charge < -0.3 is 5.32 Å². The lowest BCUT2D eigenvalue weighted by atomic mass is 9.73. The second-order valence-corrected chi connectivity index (χ2v) is 11.4. The van der Waals surface area contributed by atoms with Crippen molar-refractivity contribution in [3.8, 4) is 0 Å². The largest absolute Gasteiger partial charge is 0.357 e. The van der Waals surface area contributed by atoms with E-state index in [0.29, 0.717) is 41.1 Å². The molecule has 0 aromatic heterocycles. The standard InChI is InChI=1S/C27H25FN2O3S/c1-27(2)16-22-25(24(31)17-27)26(18-12-14-19(28)15-13-18)30(23-11-7-6-10-21(23)29-22)34(32,33)20-8-4-3-5-9-20/h3-15,26,29H,16-17H2,1-2H3/t26-/m1/s1. The molecule has 1 aliphatic heterocycles. The van der Waals surface area contributed by atoms with Crippen molar-refractivity contribution >= 4 is 27.2 Å². The smallest absolute Gasteiger partial charge is 0.265 e.